The molecule has 0 saturated heterocycles. The molecular weight excluding hydrogens is 294 g/mol. The maximum Gasteiger partial charge on any atom is 0.322 e. The number of methoxy groups -OCH3 is 1. The van der Waals surface area contributed by atoms with Crippen LogP contribution < -0.4 is 14.8 Å². The second kappa shape index (κ2) is 7.58. The molecule has 0 aliphatic rings. The summed E-state index contributed by atoms with van der Waals surface area (Å²) in [5.74, 6) is 0.889. The molecule has 1 N–H and O–H groups in total. The van der Waals surface area contributed by atoms with Crippen molar-refractivity contribution in [2.24, 2.45) is 0 Å². The Morgan fingerprint density at radius 2 is 2.14 bits per heavy atom. The van der Waals surface area contributed by atoms with Crippen molar-refractivity contribution in [2.75, 3.05) is 19.0 Å². The molecule has 0 aliphatic carbocycles. The van der Waals surface area contributed by atoms with Crippen LogP contribution in [0.1, 0.15) is 18.9 Å². The first-order valence-corrected chi connectivity index (χ1v) is 6.87. The van der Waals surface area contributed by atoms with E-state index in [9.17, 15) is 0 Å². The lowest BCUT2D eigenvalue weighted by Gasteiger charge is -2.09. The Labute approximate surface area is 127 Å². The van der Waals surface area contributed by atoms with Crippen LogP contribution in [0.15, 0.2) is 18.3 Å². The Morgan fingerprint density at radius 1 is 1.29 bits per heavy atom. The maximum absolute atomic E-state index is 5.85. The van der Waals surface area contributed by atoms with Crippen LogP contribution in [0.4, 0.5) is 5.95 Å². The smallest absolute Gasteiger partial charge is 0.322 e. The number of hydrogen-bond donors (Lipinski definition) is 1. The van der Waals surface area contributed by atoms with Crippen molar-refractivity contribution in [1.29, 1.82) is 0 Å². The third-order valence-corrected chi connectivity index (χ3v) is 2.67. The predicted octanol–water partition coefficient (Wildman–Crippen LogP) is 2.33. The largest absolute Gasteiger partial charge is 0.481 e. The van der Waals surface area contributed by atoms with E-state index < -0.39 is 0 Å². The minimum Gasteiger partial charge on any atom is -0.481 e. The molecule has 0 aromatic carbocycles. The molecule has 8 heteroatoms. The van der Waals surface area contributed by atoms with Gasteiger partial charge in [0.2, 0.25) is 17.1 Å². The van der Waals surface area contributed by atoms with Gasteiger partial charge in [0.25, 0.3) is 0 Å². The van der Waals surface area contributed by atoms with Gasteiger partial charge in [-0.3, -0.25) is 0 Å². The number of ether oxygens (including phenoxy) is 2. The highest BCUT2D eigenvalue weighted by Crippen LogP contribution is 2.16. The molecule has 0 fully saturated rings. The van der Waals surface area contributed by atoms with Gasteiger partial charge in [0.15, 0.2) is 0 Å². The van der Waals surface area contributed by atoms with Gasteiger partial charge in [-0.25, -0.2) is 4.98 Å². The summed E-state index contributed by atoms with van der Waals surface area (Å²) in [4.78, 5) is 16.2. The van der Waals surface area contributed by atoms with Crippen LogP contribution in [0.3, 0.4) is 0 Å². The number of halogens is 1. The van der Waals surface area contributed by atoms with Gasteiger partial charge in [0, 0.05) is 18.3 Å². The highest BCUT2D eigenvalue weighted by molar-refractivity contribution is 6.28. The summed E-state index contributed by atoms with van der Waals surface area (Å²) >= 11 is 5.85. The van der Waals surface area contributed by atoms with Gasteiger partial charge in [-0.1, -0.05) is 13.0 Å². The molecule has 21 heavy (non-hydrogen) atoms. The second-order valence-electron chi connectivity index (χ2n) is 4.08. The fourth-order valence-corrected chi connectivity index (χ4v) is 1.74. The van der Waals surface area contributed by atoms with Gasteiger partial charge in [-0.2, -0.15) is 15.0 Å². The van der Waals surface area contributed by atoms with Crippen LogP contribution in [0, 0.1) is 0 Å². The summed E-state index contributed by atoms with van der Waals surface area (Å²) in [6.07, 6.45) is 2.53. The Kier molecular flexibility index (Phi) is 5.51. The Morgan fingerprint density at radius 3 is 2.90 bits per heavy atom. The summed E-state index contributed by atoms with van der Waals surface area (Å²) < 4.78 is 10.5. The van der Waals surface area contributed by atoms with Crippen LogP contribution in [0.25, 0.3) is 0 Å². The fraction of sp³-hybridized carbons (Fsp3) is 0.385. The summed E-state index contributed by atoms with van der Waals surface area (Å²) in [6, 6.07) is 3.93. The van der Waals surface area contributed by atoms with E-state index in [0.717, 1.165) is 12.0 Å². The van der Waals surface area contributed by atoms with Crippen molar-refractivity contribution in [3.63, 3.8) is 0 Å². The maximum atomic E-state index is 5.85. The van der Waals surface area contributed by atoms with Gasteiger partial charge < -0.3 is 14.8 Å². The van der Waals surface area contributed by atoms with Crippen molar-refractivity contribution in [1.82, 2.24) is 19.9 Å². The molecule has 0 aliphatic heterocycles. The highest BCUT2D eigenvalue weighted by atomic mass is 35.5. The molecule has 0 bridgehead atoms. The molecule has 0 spiro atoms. The van der Waals surface area contributed by atoms with E-state index in [-0.39, 0.29) is 11.3 Å². The summed E-state index contributed by atoms with van der Waals surface area (Å²) in [5, 5.41) is 3.13. The standard InChI is InChI=1S/C13H16ClN5O2/c1-3-7-21-13-18-11(14)17-12(19-13)16-8-9-5-4-6-15-10(9)20-2/h4-6H,3,7-8H2,1-2H3,(H,16,17,18,19). The number of nitrogens with zero attached hydrogens (tertiary/aromatic N) is 4. The van der Waals surface area contributed by atoms with Gasteiger partial charge in [0.05, 0.1) is 13.7 Å². The van der Waals surface area contributed by atoms with E-state index in [2.05, 4.69) is 25.3 Å². The van der Waals surface area contributed by atoms with Gasteiger partial charge >= 0.3 is 6.01 Å². The van der Waals surface area contributed by atoms with E-state index in [4.69, 9.17) is 21.1 Å². The summed E-state index contributed by atoms with van der Waals surface area (Å²) in [6.45, 7) is 2.97. The molecule has 0 unspecified atom stereocenters. The minimum absolute atomic E-state index is 0.0803. The lowest BCUT2D eigenvalue weighted by Crippen LogP contribution is -2.08. The Hall–Kier alpha value is -2.15. The van der Waals surface area contributed by atoms with Gasteiger partial charge in [0.1, 0.15) is 0 Å². The fourth-order valence-electron chi connectivity index (χ4n) is 1.59. The number of rotatable bonds is 7. The number of hydrogen-bond acceptors (Lipinski definition) is 7. The average molecular weight is 310 g/mol. The number of nitrogens with one attached hydrogen (secondary N) is 1. The zero-order chi connectivity index (χ0) is 15.1. The first-order chi connectivity index (χ1) is 10.2. The molecule has 0 amide bonds. The first kappa shape index (κ1) is 15.2. The molecule has 112 valence electrons. The zero-order valence-corrected chi connectivity index (χ0v) is 12.6. The van der Waals surface area contributed by atoms with E-state index in [0.29, 0.717) is 25.0 Å². The van der Waals surface area contributed by atoms with E-state index >= 15 is 0 Å². The number of pyridine rings is 1. The van der Waals surface area contributed by atoms with Crippen molar-refractivity contribution < 1.29 is 9.47 Å². The van der Waals surface area contributed by atoms with Crippen molar-refractivity contribution in [2.45, 2.75) is 19.9 Å². The molecule has 7 nitrogen and oxygen atoms in total. The van der Waals surface area contributed by atoms with E-state index in [1.807, 2.05) is 19.1 Å². The zero-order valence-electron chi connectivity index (χ0n) is 11.8. The summed E-state index contributed by atoms with van der Waals surface area (Å²) in [5.41, 5.74) is 0.882. The van der Waals surface area contributed by atoms with Crippen molar-refractivity contribution in [3.05, 3.63) is 29.2 Å². The summed E-state index contributed by atoms with van der Waals surface area (Å²) in [7, 11) is 1.57. The van der Waals surface area contributed by atoms with Crippen LogP contribution >= 0.6 is 11.6 Å². The number of aromatic nitrogens is 4. The topological polar surface area (TPSA) is 82.1 Å². The lowest BCUT2D eigenvalue weighted by atomic mass is 10.3. The van der Waals surface area contributed by atoms with E-state index in [1.54, 1.807) is 13.3 Å². The molecule has 0 atom stereocenters. The first-order valence-electron chi connectivity index (χ1n) is 6.49. The van der Waals surface area contributed by atoms with Crippen LogP contribution in [0.2, 0.25) is 5.28 Å². The SMILES string of the molecule is CCCOc1nc(Cl)nc(NCc2cccnc2OC)n1. The third kappa shape index (κ3) is 4.42. The normalized spacial score (nSPS) is 10.2. The number of anilines is 1. The van der Waals surface area contributed by atoms with Crippen LogP contribution in [-0.2, 0) is 6.54 Å². The lowest BCUT2D eigenvalue weighted by molar-refractivity contribution is 0.291. The Bertz CT molecular complexity index is 597. The molecule has 2 aromatic heterocycles. The van der Waals surface area contributed by atoms with Crippen LogP contribution in [-0.4, -0.2) is 33.7 Å². The molecule has 2 aromatic rings. The van der Waals surface area contributed by atoms with E-state index in [1.165, 1.54) is 0 Å². The second-order valence-corrected chi connectivity index (χ2v) is 4.42. The molecule has 2 heterocycles. The van der Waals surface area contributed by atoms with Gasteiger partial charge in [-0.15, -0.1) is 0 Å². The van der Waals surface area contributed by atoms with Crippen LogP contribution in [0.5, 0.6) is 11.9 Å². The van der Waals surface area contributed by atoms with Gasteiger partial charge in [-0.05, 0) is 24.1 Å². The van der Waals surface area contributed by atoms with Crippen molar-refractivity contribution >= 4 is 17.5 Å². The predicted molar refractivity (Wildman–Crippen MR) is 78.7 cm³/mol. The van der Waals surface area contributed by atoms with Crippen molar-refractivity contribution in [3.8, 4) is 11.9 Å². The molecule has 2 rings (SSSR count). The molecular formula is C13H16ClN5O2. The quantitative estimate of drug-likeness (QED) is 0.840. The Balaban J connectivity index is 2.07. The molecule has 0 saturated carbocycles. The highest BCUT2D eigenvalue weighted by Gasteiger charge is 2.08. The monoisotopic (exact) mass is 309 g/mol. The third-order valence-electron chi connectivity index (χ3n) is 2.50. The minimum atomic E-state index is 0.0803. The average Bonchev–Trinajstić information content (AvgIpc) is 2.50. The molecule has 0 radical (unpaired) electrons.